The number of aromatic nitrogens is 1. The average molecular weight is 267 g/mol. The number of H-pyrrole nitrogens is 1. The van der Waals surface area contributed by atoms with Crippen LogP contribution >= 0.6 is 22.6 Å². The molecule has 3 heteroatoms. The Morgan fingerprint density at radius 1 is 1.45 bits per heavy atom. The highest BCUT2D eigenvalue weighted by molar-refractivity contribution is 14.1. The van der Waals surface area contributed by atoms with E-state index < -0.39 is 0 Å². The molecule has 0 bridgehead atoms. The highest BCUT2D eigenvalue weighted by Gasteiger charge is 2.20. The van der Waals surface area contributed by atoms with Crippen LogP contribution in [0.3, 0.4) is 0 Å². The predicted molar refractivity (Wildman–Crippen MR) is 52.2 cm³/mol. The van der Waals surface area contributed by atoms with Gasteiger partial charge in [-0.3, -0.25) is 0 Å². The summed E-state index contributed by atoms with van der Waals surface area (Å²) < 4.78 is 13.5. The van der Waals surface area contributed by atoms with Crippen molar-refractivity contribution >= 4 is 22.6 Å². The van der Waals surface area contributed by atoms with Gasteiger partial charge in [0.25, 0.3) is 0 Å². The fourth-order valence-corrected chi connectivity index (χ4v) is 2.05. The second-order valence-electron chi connectivity index (χ2n) is 3.58. The van der Waals surface area contributed by atoms with Crippen LogP contribution in [0.5, 0.6) is 0 Å². The lowest BCUT2D eigenvalue weighted by Crippen LogP contribution is -2.11. The van der Waals surface area contributed by atoms with E-state index in [0.717, 1.165) is 5.56 Å². The smallest absolute Gasteiger partial charge is 0.204 e. The van der Waals surface area contributed by atoms with Crippen molar-refractivity contribution in [1.82, 2.24) is 4.98 Å². The Kier molecular flexibility index (Phi) is 2.27. The summed E-state index contributed by atoms with van der Waals surface area (Å²) in [6.07, 6.45) is 1.73. The summed E-state index contributed by atoms with van der Waals surface area (Å²) in [5, 5.41) is 0. The van der Waals surface area contributed by atoms with Gasteiger partial charge in [0.05, 0.1) is 3.57 Å². The van der Waals surface area contributed by atoms with Crippen LogP contribution in [-0.4, -0.2) is 4.98 Å². The topological polar surface area (TPSA) is 15.8 Å². The minimum absolute atomic E-state index is 0.0252. The van der Waals surface area contributed by atoms with E-state index >= 15 is 0 Å². The van der Waals surface area contributed by atoms with Gasteiger partial charge in [-0.05, 0) is 33.6 Å². The molecular weight excluding hydrogens is 256 g/mol. The zero-order chi connectivity index (χ0) is 8.65. The first kappa shape index (κ1) is 9.03. The Hall–Kier alpha value is -0.0600. The molecule has 0 unspecified atom stereocenters. The molecule has 0 atom stereocenters. The third-order valence-electron chi connectivity index (χ3n) is 1.58. The van der Waals surface area contributed by atoms with Crippen LogP contribution in [0.4, 0.5) is 4.39 Å². The van der Waals surface area contributed by atoms with E-state index in [1.165, 1.54) is 0 Å². The Morgan fingerprint density at radius 3 is 2.18 bits per heavy atom. The van der Waals surface area contributed by atoms with Crippen LogP contribution in [0.15, 0.2) is 6.20 Å². The molecule has 1 nitrogen and oxygen atoms in total. The number of hydrogen-bond acceptors (Lipinski definition) is 0. The normalized spacial score (nSPS) is 12.1. The number of halogens is 2. The molecule has 0 amide bonds. The highest BCUT2D eigenvalue weighted by atomic mass is 127. The largest absolute Gasteiger partial charge is 0.337 e. The Morgan fingerprint density at radius 2 is 2.00 bits per heavy atom. The van der Waals surface area contributed by atoms with E-state index in [2.05, 4.69) is 25.8 Å². The lowest BCUT2D eigenvalue weighted by molar-refractivity contribution is 0.569. The molecule has 1 aromatic rings. The molecule has 0 aromatic carbocycles. The molecule has 1 rings (SSSR count). The van der Waals surface area contributed by atoms with Crippen molar-refractivity contribution < 1.29 is 4.39 Å². The molecule has 0 spiro atoms. The Labute approximate surface area is 79.5 Å². The molecule has 0 aliphatic carbocycles. The monoisotopic (exact) mass is 267 g/mol. The fraction of sp³-hybridized carbons (Fsp3) is 0.500. The lowest BCUT2D eigenvalue weighted by atomic mass is 9.89. The molecule has 11 heavy (non-hydrogen) atoms. The summed E-state index contributed by atoms with van der Waals surface area (Å²) in [4.78, 5) is 2.57. The minimum atomic E-state index is -0.226. The second-order valence-corrected chi connectivity index (χ2v) is 4.66. The van der Waals surface area contributed by atoms with Gasteiger partial charge in [-0.2, -0.15) is 4.39 Å². The Balaban J connectivity index is 3.15. The first-order valence-corrected chi connectivity index (χ1v) is 4.53. The summed E-state index contributed by atoms with van der Waals surface area (Å²) in [5.74, 6) is -0.226. The number of rotatable bonds is 0. The molecule has 0 fully saturated rings. The molecule has 1 N–H and O–H groups in total. The maximum Gasteiger partial charge on any atom is 0.204 e. The van der Waals surface area contributed by atoms with Gasteiger partial charge >= 0.3 is 0 Å². The van der Waals surface area contributed by atoms with Crippen LogP contribution in [0.1, 0.15) is 26.3 Å². The van der Waals surface area contributed by atoms with Crippen molar-refractivity contribution in [2.45, 2.75) is 26.2 Å². The van der Waals surface area contributed by atoms with Gasteiger partial charge in [-0.1, -0.05) is 20.8 Å². The summed E-state index contributed by atoms with van der Waals surface area (Å²) in [7, 11) is 0. The maximum atomic E-state index is 12.8. The van der Waals surface area contributed by atoms with Gasteiger partial charge in [0.2, 0.25) is 5.95 Å². The zero-order valence-electron chi connectivity index (χ0n) is 6.83. The van der Waals surface area contributed by atoms with Crippen molar-refractivity contribution in [2.24, 2.45) is 0 Å². The van der Waals surface area contributed by atoms with Gasteiger partial charge in [-0.15, -0.1) is 0 Å². The first-order chi connectivity index (χ1) is 4.93. The van der Waals surface area contributed by atoms with Crippen LogP contribution in [0, 0.1) is 9.52 Å². The third kappa shape index (κ3) is 1.75. The van der Waals surface area contributed by atoms with Crippen molar-refractivity contribution in [3.63, 3.8) is 0 Å². The van der Waals surface area contributed by atoms with Gasteiger partial charge in [0.1, 0.15) is 0 Å². The Bertz CT molecular complexity index is 260. The number of nitrogens with one attached hydrogen (secondary N) is 1. The molecule has 0 saturated carbocycles. The van der Waals surface area contributed by atoms with E-state index in [0.29, 0.717) is 3.57 Å². The summed E-state index contributed by atoms with van der Waals surface area (Å²) in [6.45, 7) is 6.20. The number of aromatic amines is 1. The molecule has 0 aliphatic heterocycles. The lowest BCUT2D eigenvalue weighted by Gasteiger charge is -2.16. The summed E-state index contributed by atoms with van der Waals surface area (Å²) in [5.41, 5.74) is 1.06. The molecular formula is C8H11FIN. The van der Waals surface area contributed by atoms with Gasteiger partial charge in [0.15, 0.2) is 0 Å². The SMILES string of the molecule is CC(C)(C)c1c[nH]c(F)c1I. The minimum Gasteiger partial charge on any atom is -0.337 e. The molecule has 1 aromatic heterocycles. The van der Waals surface area contributed by atoms with Crippen LogP contribution in [0.2, 0.25) is 0 Å². The number of hydrogen-bond donors (Lipinski definition) is 1. The molecule has 1 heterocycles. The molecule has 0 aliphatic rings. The van der Waals surface area contributed by atoms with Crippen molar-refractivity contribution in [2.75, 3.05) is 0 Å². The predicted octanol–water partition coefficient (Wildman–Crippen LogP) is 3.06. The van der Waals surface area contributed by atoms with Crippen molar-refractivity contribution in [3.05, 3.63) is 21.3 Å². The quantitative estimate of drug-likeness (QED) is 0.695. The third-order valence-corrected chi connectivity index (χ3v) is 2.64. The van der Waals surface area contributed by atoms with Crippen molar-refractivity contribution in [1.29, 1.82) is 0 Å². The van der Waals surface area contributed by atoms with E-state index in [4.69, 9.17) is 0 Å². The average Bonchev–Trinajstić information content (AvgIpc) is 2.11. The summed E-state index contributed by atoms with van der Waals surface area (Å²) >= 11 is 2.02. The van der Waals surface area contributed by atoms with Gasteiger partial charge in [0, 0.05) is 6.20 Å². The molecule has 62 valence electrons. The van der Waals surface area contributed by atoms with Crippen LogP contribution in [0.25, 0.3) is 0 Å². The maximum absolute atomic E-state index is 12.8. The van der Waals surface area contributed by atoms with E-state index in [1.54, 1.807) is 6.20 Å². The first-order valence-electron chi connectivity index (χ1n) is 3.46. The van der Waals surface area contributed by atoms with E-state index in [-0.39, 0.29) is 11.4 Å². The van der Waals surface area contributed by atoms with E-state index in [1.807, 2.05) is 22.6 Å². The highest BCUT2D eigenvalue weighted by Crippen LogP contribution is 2.28. The fourth-order valence-electron chi connectivity index (χ4n) is 0.926. The van der Waals surface area contributed by atoms with Crippen LogP contribution in [-0.2, 0) is 5.41 Å². The van der Waals surface area contributed by atoms with E-state index in [9.17, 15) is 4.39 Å². The molecule has 0 saturated heterocycles. The van der Waals surface area contributed by atoms with Crippen LogP contribution < -0.4 is 0 Å². The second kappa shape index (κ2) is 2.77. The standard InChI is InChI=1S/C8H11FIN/c1-8(2,3)5-4-11-7(9)6(5)10/h4,11H,1-3H3. The zero-order valence-corrected chi connectivity index (χ0v) is 8.99. The van der Waals surface area contributed by atoms with Gasteiger partial charge in [-0.25, -0.2) is 0 Å². The van der Waals surface area contributed by atoms with Gasteiger partial charge < -0.3 is 4.98 Å². The summed E-state index contributed by atoms with van der Waals surface area (Å²) in [6, 6.07) is 0. The molecule has 0 radical (unpaired) electrons. The van der Waals surface area contributed by atoms with Crippen molar-refractivity contribution in [3.8, 4) is 0 Å².